The molecule has 2 fully saturated rings. The van der Waals surface area contributed by atoms with Crippen molar-refractivity contribution in [3.05, 3.63) is 12.2 Å². The Labute approximate surface area is 107 Å². The van der Waals surface area contributed by atoms with Crippen LogP contribution in [0.5, 0.6) is 0 Å². The van der Waals surface area contributed by atoms with Crippen LogP contribution in [-0.4, -0.2) is 30.1 Å². The van der Waals surface area contributed by atoms with Gasteiger partial charge in [-0.15, -0.1) is 0 Å². The molecule has 0 bridgehead atoms. The molecule has 4 heteroatoms. The van der Waals surface area contributed by atoms with Gasteiger partial charge in [-0.1, -0.05) is 6.08 Å². The van der Waals surface area contributed by atoms with Gasteiger partial charge in [0.2, 0.25) is 0 Å². The van der Waals surface area contributed by atoms with Crippen molar-refractivity contribution < 1.29 is 19.0 Å². The Morgan fingerprint density at radius 1 is 1.17 bits per heavy atom. The van der Waals surface area contributed by atoms with Gasteiger partial charge in [0, 0.05) is 19.3 Å². The molecule has 0 radical (unpaired) electrons. The molecule has 0 aliphatic carbocycles. The van der Waals surface area contributed by atoms with E-state index in [1.807, 2.05) is 13.0 Å². The van der Waals surface area contributed by atoms with Gasteiger partial charge in [0.25, 0.3) is 0 Å². The maximum atomic E-state index is 11.1. The number of carbonyl (C=O) groups excluding carboxylic acids is 1. The van der Waals surface area contributed by atoms with E-state index < -0.39 is 17.2 Å². The van der Waals surface area contributed by atoms with Gasteiger partial charge < -0.3 is 19.0 Å². The Hall–Kier alpha value is -0.710. The smallest absolute Gasteiger partial charge is 0.191 e. The van der Waals surface area contributed by atoms with E-state index in [-0.39, 0.29) is 0 Å². The highest BCUT2D eigenvalue weighted by Gasteiger charge is 2.53. The Morgan fingerprint density at radius 3 is 2.72 bits per heavy atom. The largest absolute Gasteiger partial charge is 0.346 e. The van der Waals surface area contributed by atoms with Crippen LogP contribution >= 0.6 is 0 Å². The zero-order chi connectivity index (χ0) is 12.7. The molecule has 0 aromatic rings. The lowest BCUT2D eigenvalue weighted by molar-refractivity contribution is -0.353. The standard InChI is InChI=1S/C14H20O4/c1-12(11-15)8-9-14(17-12)7-4-6-13(18-14)5-2-3-10-16-13/h4,6,11H,2-3,5,7-10H2,1H3/t12-,13-,14+/m0/s1. The van der Waals surface area contributed by atoms with Crippen molar-refractivity contribution in [3.63, 3.8) is 0 Å². The van der Waals surface area contributed by atoms with Crippen LogP contribution in [0.3, 0.4) is 0 Å². The summed E-state index contributed by atoms with van der Waals surface area (Å²) in [5.74, 6) is -1.29. The van der Waals surface area contributed by atoms with Crippen LogP contribution in [0, 0.1) is 0 Å². The fourth-order valence-electron chi connectivity index (χ4n) is 3.08. The predicted octanol–water partition coefficient (Wildman–Crippen LogP) is 2.32. The molecule has 3 heterocycles. The minimum absolute atomic E-state index is 0.620. The Bertz CT molecular complexity index is 372. The molecule has 3 atom stereocenters. The molecule has 100 valence electrons. The number of hydrogen-bond acceptors (Lipinski definition) is 4. The van der Waals surface area contributed by atoms with E-state index in [0.29, 0.717) is 12.8 Å². The highest BCUT2D eigenvalue weighted by atomic mass is 16.8. The first-order valence-electron chi connectivity index (χ1n) is 6.78. The number of carbonyl (C=O) groups is 1. The van der Waals surface area contributed by atoms with Crippen LogP contribution < -0.4 is 0 Å². The van der Waals surface area contributed by atoms with Gasteiger partial charge in [0.15, 0.2) is 17.9 Å². The number of rotatable bonds is 1. The molecule has 0 N–H and O–H groups in total. The summed E-state index contributed by atoms with van der Waals surface area (Å²) in [6, 6.07) is 0. The first kappa shape index (κ1) is 12.3. The van der Waals surface area contributed by atoms with Gasteiger partial charge in [-0.05, 0) is 32.3 Å². The second kappa shape index (κ2) is 4.15. The third-order valence-corrected chi connectivity index (χ3v) is 4.10. The lowest BCUT2D eigenvalue weighted by Gasteiger charge is -2.44. The van der Waals surface area contributed by atoms with Crippen LogP contribution in [-0.2, 0) is 19.0 Å². The quantitative estimate of drug-likeness (QED) is 0.530. The summed E-state index contributed by atoms with van der Waals surface area (Å²) in [4.78, 5) is 11.1. The van der Waals surface area contributed by atoms with E-state index in [1.54, 1.807) is 0 Å². The molecule has 0 aromatic carbocycles. The highest BCUT2D eigenvalue weighted by molar-refractivity contribution is 5.62. The summed E-state index contributed by atoms with van der Waals surface area (Å²) < 4.78 is 17.9. The van der Waals surface area contributed by atoms with Gasteiger partial charge in [-0.25, -0.2) is 0 Å². The second-order valence-electron chi connectivity index (χ2n) is 5.77. The first-order valence-corrected chi connectivity index (χ1v) is 6.78. The summed E-state index contributed by atoms with van der Waals surface area (Å²) >= 11 is 0. The van der Waals surface area contributed by atoms with Crippen molar-refractivity contribution in [1.29, 1.82) is 0 Å². The zero-order valence-corrected chi connectivity index (χ0v) is 10.8. The molecule has 0 amide bonds. The molecule has 2 saturated heterocycles. The SMILES string of the molecule is C[C@@]1(C=O)CC[C@]2(CC=C[C@]3(CCCCO3)O2)O1. The molecule has 0 saturated carbocycles. The van der Waals surface area contributed by atoms with Crippen LogP contribution in [0.1, 0.15) is 45.4 Å². The molecule has 2 spiro atoms. The van der Waals surface area contributed by atoms with Crippen molar-refractivity contribution in [3.8, 4) is 0 Å². The third-order valence-electron chi connectivity index (χ3n) is 4.10. The fourth-order valence-corrected chi connectivity index (χ4v) is 3.08. The topological polar surface area (TPSA) is 44.8 Å². The lowest BCUT2D eigenvalue weighted by Crippen LogP contribution is -2.50. The minimum Gasteiger partial charge on any atom is -0.346 e. The number of aldehydes is 1. The predicted molar refractivity (Wildman–Crippen MR) is 64.9 cm³/mol. The van der Waals surface area contributed by atoms with E-state index in [4.69, 9.17) is 14.2 Å². The molecule has 3 rings (SSSR count). The zero-order valence-electron chi connectivity index (χ0n) is 10.8. The summed E-state index contributed by atoms with van der Waals surface area (Å²) in [5, 5.41) is 0. The molecule has 0 aromatic heterocycles. The van der Waals surface area contributed by atoms with Crippen molar-refractivity contribution >= 4 is 6.29 Å². The lowest BCUT2D eigenvalue weighted by atomic mass is 9.97. The van der Waals surface area contributed by atoms with Gasteiger partial charge >= 0.3 is 0 Å². The fraction of sp³-hybridized carbons (Fsp3) is 0.786. The molecular formula is C14H20O4. The second-order valence-corrected chi connectivity index (χ2v) is 5.77. The molecule has 3 aliphatic heterocycles. The third kappa shape index (κ3) is 2.02. The van der Waals surface area contributed by atoms with E-state index in [9.17, 15) is 4.79 Å². The van der Waals surface area contributed by atoms with E-state index >= 15 is 0 Å². The maximum Gasteiger partial charge on any atom is 0.191 e. The van der Waals surface area contributed by atoms with Crippen molar-refractivity contribution in [2.45, 2.75) is 62.6 Å². The molecule has 4 nitrogen and oxygen atoms in total. The number of ether oxygens (including phenoxy) is 3. The minimum atomic E-state index is -0.707. The summed E-state index contributed by atoms with van der Waals surface area (Å²) in [6.07, 6.45) is 10.2. The Kier molecular flexibility index (Phi) is 2.84. The van der Waals surface area contributed by atoms with Crippen LogP contribution in [0.15, 0.2) is 12.2 Å². The van der Waals surface area contributed by atoms with Gasteiger partial charge in [0.05, 0.1) is 6.61 Å². The Morgan fingerprint density at radius 2 is 2.06 bits per heavy atom. The highest BCUT2D eigenvalue weighted by Crippen LogP contribution is 2.47. The van der Waals surface area contributed by atoms with Crippen LogP contribution in [0.4, 0.5) is 0 Å². The number of hydrogen-bond donors (Lipinski definition) is 0. The van der Waals surface area contributed by atoms with E-state index in [2.05, 4.69) is 6.08 Å². The average molecular weight is 252 g/mol. The monoisotopic (exact) mass is 252 g/mol. The van der Waals surface area contributed by atoms with Crippen LogP contribution in [0.2, 0.25) is 0 Å². The molecule has 18 heavy (non-hydrogen) atoms. The summed E-state index contributed by atoms with van der Waals surface area (Å²) in [5.41, 5.74) is -0.707. The van der Waals surface area contributed by atoms with Gasteiger partial charge in [-0.2, -0.15) is 0 Å². The summed E-state index contributed by atoms with van der Waals surface area (Å²) in [6.45, 7) is 2.55. The average Bonchev–Trinajstić information content (AvgIpc) is 2.68. The normalized spacial score (nSPS) is 47.8. The first-order chi connectivity index (χ1) is 8.60. The van der Waals surface area contributed by atoms with E-state index in [0.717, 1.165) is 38.6 Å². The van der Waals surface area contributed by atoms with E-state index in [1.165, 1.54) is 0 Å². The molecular weight excluding hydrogens is 232 g/mol. The van der Waals surface area contributed by atoms with Crippen molar-refractivity contribution in [2.24, 2.45) is 0 Å². The Balaban J connectivity index is 1.80. The molecule has 0 unspecified atom stereocenters. The van der Waals surface area contributed by atoms with Gasteiger partial charge in [-0.3, -0.25) is 0 Å². The van der Waals surface area contributed by atoms with Crippen molar-refractivity contribution in [2.75, 3.05) is 6.61 Å². The van der Waals surface area contributed by atoms with Crippen molar-refractivity contribution in [1.82, 2.24) is 0 Å². The van der Waals surface area contributed by atoms with Gasteiger partial charge in [0.1, 0.15) is 5.60 Å². The summed E-state index contributed by atoms with van der Waals surface area (Å²) in [7, 11) is 0. The maximum absolute atomic E-state index is 11.1. The van der Waals surface area contributed by atoms with Crippen LogP contribution in [0.25, 0.3) is 0 Å². The molecule has 3 aliphatic rings.